The van der Waals surface area contributed by atoms with Gasteiger partial charge < -0.3 is 9.47 Å². The summed E-state index contributed by atoms with van der Waals surface area (Å²) in [5.41, 5.74) is 0.999. The van der Waals surface area contributed by atoms with Crippen molar-refractivity contribution >= 4 is 21.6 Å². The zero-order chi connectivity index (χ0) is 16.9. The van der Waals surface area contributed by atoms with Crippen LogP contribution in [0.25, 0.3) is 0 Å². The van der Waals surface area contributed by atoms with Crippen molar-refractivity contribution in [1.29, 1.82) is 0 Å². The molecule has 0 bridgehead atoms. The highest BCUT2D eigenvalue weighted by Crippen LogP contribution is 2.28. The molecule has 0 atom stereocenters. The third kappa shape index (κ3) is 4.60. The van der Waals surface area contributed by atoms with E-state index in [1.165, 1.54) is 26.4 Å². The second-order valence-electron chi connectivity index (χ2n) is 4.79. The van der Waals surface area contributed by atoms with Gasteiger partial charge in [0.1, 0.15) is 16.4 Å². The van der Waals surface area contributed by atoms with E-state index in [4.69, 9.17) is 21.1 Å². The topological polar surface area (TPSA) is 64.6 Å². The van der Waals surface area contributed by atoms with Crippen LogP contribution < -0.4 is 14.2 Å². The highest BCUT2D eigenvalue weighted by molar-refractivity contribution is 7.89. The molecular weight excluding hydrogens is 338 g/mol. The molecule has 124 valence electrons. The summed E-state index contributed by atoms with van der Waals surface area (Å²) in [7, 11) is -0.738. The zero-order valence-electron chi connectivity index (χ0n) is 12.9. The first-order valence-corrected chi connectivity index (χ1v) is 8.78. The predicted molar refractivity (Wildman–Crippen MR) is 89.9 cm³/mol. The van der Waals surface area contributed by atoms with Crippen molar-refractivity contribution < 1.29 is 17.9 Å². The Bertz CT molecular complexity index is 760. The maximum absolute atomic E-state index is 12.4. The van der Waals surface area contributed by atoms with Gasteiger partial charge in [0.15, 0.2) is 0 Å². The van der Waals surface area contributed by atoms with Crippen molar-refractivity contribution in [3.05, 3.63) is 53.1 Å². The Morgan fingerprint density at radius 3 is 2.35 bits per heavy atom. The molecule has 0 aliphatic carbocycles. The van der Waals surface area contributed by atoms with Gasteiger partial charge in [-0.25, -0.2) is 13.1 Å². The number of methoxy groups -OCH3 is 2. The Morgan fingerprint density at radius 1 is 1.04 bits per heavy atom. The molecule has 0 aromatic heterocycles. The highest BCUT2D eigenvalue weighted by Gasteiger charge is 2.19. The molecule has 0 spiro atoms. The number of hydrogen-bond acceptors (Lipinski definition) is 4. The largest absolute Gasteiger partial charge is 0.497 e. The van der Waals surface area contributed by atoms with Gasteiger partial charge >= 0.3 is 0 Å². The first-order chi connectivity index (χ1) is 11.0. The number of benzene rings is 2. The highest BCUT2D eigenvalue weighted by atomic mass is 35.5. The Labute approximate surface area is 141 Å². The van der Waals surface area contributed by atoms with Gasteiger partial charge in [0.2, 0.25) is 10.0 Å². The minimum absolute atomic E-state index is 0.0805. The molecule has 0 radical (unpaired) electrons. The minimum atomic E-state index is -3.66. The van der Waals surface area contributed by atoms with Crippen LogP contribution in [0.3, 0.4) is 0 Å². The number of rotatable bonds is 7. The van der Waals surface area contributed by atoms with E-state index in [2.05, 4.69) is 4.72 Å². The van der Waals surface area contributed by atoms with E-state index in [1.807, 2.05) is 12.1 Å². The van der Waals surface area contributed by atoms with E-state index in [-0.39, 0.29) is 17.2 Å². The van der Waals surface area contributed by atoms with E-state index >= 15 is 0 Å². The lowest BCUT2D eigenvalue weighted by Crippen LogP contribution is -2.26. The van der Waals surface area contributed by atoms with Crippen LogP contribution >= 0.6 is 11.6 Å². The maximum Gasteiger partial charge on any atom is 0.244 e. The van der Waals surface area contributed by atoms with Gasteiger partial charge in [-0.1, -0.05) is 23.7 Å². The lowest BCUT2D eigenvalue weighted by Gasteiger charge is -2.12. The van der Waals surface area contributed by atoms with E-state index in [0.29, 0.717) is 17.2 Å². The van der Waals surface area contributed by atoms with Gasteiger partial charge in [-0.2, -0.15) is 0 Å². The van der Waals surface area contributed by atoms with Crippen LogP contribution in [0.4, 0.5) is 0 Å². The molecule has 2 rings (SSSR count). The van der Waals surface area contributed by atoms with Crippen LogP contribution in [-0.4, -0.2) is 29.2 Å². The average molecular weight is 356 g/mol. The van der Waals surface area contributed by atoms with Gasteiger partial charge in [-0.3, -0.25) is 0 Å². The molecule has 2 aromatic rings. The molecule has 0 aliphatic heterocycles. The summed E-state index contributed by atoms with van der Waals surface area (Å²) in [4.78, 5) is 0.0805. The van der Waals surface area contributed by atoms with Gasteiger partial charge in [0.25, 0.3) is 0 Å². The summed E-state index contributed by atoms with van der Waals surface area (Å²) in [6, 6.07) is 11.9. The summed E-state index contributed by atoms with van der Waals surface area (Å²) in [6.07, 6.45) is 0.564. The monoisotopic (exact) mass is 355 g/mol. The van der Waals surface area contributed by atoms with Crippen molar-refractivity contribution in [1.82, 2.24) is 4.72 Å². The molecule has 0 heterocycles. The molecule has 0 saturated carbocycles. The van der Waals surface area contributed by atoms with Crippen molar-refractivity contribution in [3.8, 4) is 11.5 Å². The van der Waals surface area contributed by atoms with Crippen LogP contribution in [0.5, 0.6) is 11.5 Å². The maximum atomic E-state index is 12.4. The van der Waals surface area contributed by atoms with Crippen molar-refractivity contribution in [3.63, 3.8) is 0 Å². The third-order valence-electron chi connectivity index (χ3n) is 3.28. The third-order valence-corrected chi connectivity index (χ3v) is 5.03. The first-order valence-electron chi connectivity index (χ1n) is 6.92. The molecule has 2 aromatic carbocycles. The molecule has 0 aliphatic rings. The number of halogens is 1. The summed E-state index contributed by atoms with van der Waals surface area (Å²) in [5, 5.41) is 0.650. The summed E-state index contributed by atoms with van der Waals surface area (Å²) in [6.45, 7) is 0.277. The lowest BCUT2D eigenvalue weighted by atomic mass is 10.2. The molecule has 5 nitrogen and oxygen atoms in total. The molecule has 0 fully saturated rings. The van der Waals surface area contributed by atoms with Crippen molar-refractivity contribution in [2.24, 2.45) is 0 Å². The van der Waals surface area contributed by atoms with Gasteiger partial charge in [0, 0.05) is 17.6 Å². The molecule has 0 unspecified atom stereocenters. The van der Waals surface area contributed by atoms with Crippen LogP contribution in [0, 0.1) is 0 Å². The van der Waals surface area contributed by atoms with Gasteiger partial charge in [-0.15, -0.1) is 0 Å². The SMILES string of the molecule is COc1ccc(S(=O)(=O)NCCc2ccc(Cl)cc2)c(OC)c1. The summed E-state index contributed by atoms with van der Waals surface area (Å²) in [5.74, 6) is 0.769. The quantitative estimate of drug-likeness (QED) is 0.829. The van der Waals surface area contributed by atoms with Crippen LogP contribution in [0.1, 0.15) is 5.56 Å². The fourth-order valence-corrected chi connectivity index (χ4v) is 3.36. The number of hydrogen-bond donors (Lipinski definition) is 1. The Kier molecular flexibility index (Phi) is 5.87. The first kappa shape index (κ1) is 17.6. The Morgan fingerprint density at radius 2 is 1.74 bits per heavy atom. The number of ether oxygens (including phenoxy) is 2. The second-order valence-corrected chi connectivity index (χ2v) is 6.96. The average Bonchev–Trinajstić information content (AvgIpc) is 2.55. The van der Waals surface area contributed by atoms with Crippen LogP contribution in [-0.2, 0) is 16.4 Å². The number of nitrogens with one attached hydrogen (secondary N) is 1. The van der Waals surface area contributed by atoms with Crippen LogP contribution in [0.2, 0.25) is 5.02 Å². The van der Waals surface area contributed by atoms with E-state index in [0.717, 1.165) is 5.56 Å². The van der Waals surface area contributed by atoms with Crippen molar-refractivity contribution in [2.45, 2.75) is 11.3 Å². The minimum Gasteiger partial charge on any atom is -0.497 e. The molecule has 0 saturated heterocycles. The van der Waals surface area contributed by atoms with Crippen LogP contribution in [0.15, 0.2) is 47.4 Å². The summed E-state index contributed by atoms with van der Waals surface area (Å²) >= 11 is 5.82. The van der Waals surface area contributed by atoms with Gasteiger partial charge in [-0.05, 0) is 36.2 Å². The van der Waals surface area contributed by atoms with E-state index in [1.54, 1.807) is 18.2 Å². The normalized spacial score (nSPS) is 11.3. The summed E-state index contributed by atoms with van der Waals surface area (Å²) < 4.78 is 37.6. The van der Waals surface area contributed by atoms with Crippen molar-refractivity contribution in [2.75, 3.05) is 20.8 Å². The Balaban J connectivity index is 2.08. The predicted octanol–water partition coefficient (Wildman–Crippen LogP) is 2.88. The molecular formula is C16H18ClNO4S. The molecule has 23 heavy (non-hydrogen) atoms. The molecule has 1 N–H and O–H groups in total. The molecule has 7 heteroatoms. The van der Waals surface area contributed by atoms with E-state index in [9.17, 15) is 8.42 Å². The lowest BCUT2D eigenvalue weighted by molar-refractivity contribution is 0.386. The number of sulfonamides is 1. The van der Waals surface area contributed by atoms with E-state index < -0.39 is 10.0 Å². The van der Waals surface area contributed by atoms with Gasteiger partial charge in [0.05, 0.1) is 14.2 Å². The smallest absolute Gasteiger partial charge is 0.244 e. The standard InChI is InChI=1S/C16H18ClNO4S/c1-21-14-7-8-16(15(11-14)22-2)23(19,20)18-10-9-12-3-5-13(17)6-4-12/h3-8,11,18H,9-10H2,1-2H3. The second kappa shape index (κ2) is 7.68. The zero-order valence-corrected chi connectivity index (χ0v) is 14.4. The Hall–Kier alpha value is -1.76. The fraction of sp³-hybridized carbons (Fsp3) is 0.250. The molecule has 0 amide bonds. The fourth-order valence-electron chi connectivity index (χ4n) is 2.06.